The van der Waals surface area contributed by atoms with E-state index in [1.807, 2.05) is 19.9 Å². The van der Waals surface area contributed by atoms with Crippen LogP contribution in [0, 0.1) is 10.1 Å². The first-order valence-corrected chi connectivity index (χ1v) is 6.51. The summed E-state index contributed by atoms with van der Waals surface area (Å²) >= 11 is 0. The molecule has 0 spiro atoms. The number of hydrogen-bond acceptors (Lipinski definition) is 5. The second-order valence-corrected chi connectivity index (χ2v) is 4.38. The van der Waals surface area contributed by atoms with Crippen molar-refractivity contribution in [3.8, 4) is 0 Å². The van der Waals surface area contributed by atoms with Crippen LogP contribution in [-0.2, 0) is 0 Å². The Morgan fingerprint density at radius 2 is 2.00 bits per heavy atom. The lowest BCUT2D eigenvalue weighted by molar-refractivity contribution is -0.384. The topological polar surface area (TPSA) is 87.4 Å². The highest BCUT2D eigenvalue weighted by molar-refractivity contribution is 5.63. The van der Waals surface area contributed by atoms with E-state index in [1.165, 1.54) is 12.1 Å². The number of hydrogen-bond donors (Lipinski definition) is 3. The monoisotopic (exact) mass is 267 g/mol. The lowest BCUT2D eigenvalue weighted by Gasteiger charge is -2.16. The van der Waals surface area contributed by atoms with Gasteiger partial charge >= 0.3 is 0 Å². The van der Waals surface area contributed by atoms with Crippen LogP contribution in [0.25, 0.3) is 0 Å². The smallest absolute Gasteiger partial charge is 0.273 e. The molecule has 0 saturated carbocycles. The van der Waals surface area contributed by atoms with Crippen molar-refractivity contribution in [2.45, 2.75) is 32.7 Å². The van der Waals surface area contributed by atoms with Gasteiger partial charge in [0, 0.05) is 36.1 Å². The predicted molar refractivity (Wildman–Crippen MR) is 76.7 cm³/mol. The van der Waals surface area contributed by atoms with Crippen LogP contribution in [0.3, 0.4) is 0 Å². The number of aliphatic hydroxyl groups excluding tert-OH is 1. The van der Waals surface area contributed by atoms with Crippen LogP contribution in [0.2, 0.25) is 0 Å². The molecule has 19 heavy (non-hydrogen) atoms. The van der Waals surface area contributed by atoms with Gasteiger partial charge in [-0.3, -0.25) is 10.1 Å². The van der Waals surface area contributed by atoms with E-state index in [-0.39, 0.29) is 18.3 Å². The molecule has 1 unspecified atom stereocenters. The SMILES string of the molecule is CCCNc1cc(NC(CC)CO)cc([N+](=O)[O-])c1. The van der Waals surface area contributed by atoms with Gasteiger partial charge in [0.25, 0.3) is 5.69 Å². The van der Waals surface area contributed by atoms with E-state index >= 15 is 0 Å². The number of anilines is 2. The van der Waals surface area contributed by atoms with Crippen molar-refractivity contribution in [1.82, 2.24) is 0 Å². The van der Waals surface area contributed by atoms with E-state index in [0.29, 0.717) is 11.4 Å². The minimum Gasteiger partial charge on any atom is -0.394 e. The first kappa shape index (κ1) is 15.2. The fraction of sp³-hybridized carbons (Fsp3) is 0.538. The van der Waals surface area contributed by atoms with Gasteiger partial charge in [0.05, 0.1) is 11.5 Å². The number of nitro groups is 1. The van der Waals surface area contributed by atoms with E-state index in [4.69, 9.17) is 5.11 Å². The Morgan fingerprint density at radius 3 is 2.53 bits per heavy atom. The Kier molecular flexibility index (Phi) is 6.08. The normalized spacial score (nSPS) is 11.9. The summed E-state index contributed by atoms with van der Waals surface area (Å²) in [5, 5.41) is 26.3. The van der Waals surface area contributed by atoms with E-state index in [1.54, 1.807) is 0 Å². The number of rotatable bonds is 8. The van der Waals surface area contributed by atoms with Crippen molar-refractivity contribution < 1.29 is 10.0 Å². The van der Waals surface area contributed by atoms with Gasteiger partial charge < -0.3 is 15.7 Å². The first-order valence-electron chi connectivity index (χ1n) is 6.51. The molecule has 6 nitrogen and oxygen atoms in total. The molecular weight excluding hydrogens is 246 g/mol. The number of nitro benzene ring substituents is 1. The number of benzene rings is 1. The summed E-state index contributed by atoms with van der Waals surface area (Å²) < 4.78 is 0. The molecule has 0 radical (unpaired) electrons. The maximum atomic E-state index is 10.9. The van der Waals surface area contributed by atoms with Gasteiger partial charge in [-0.2, -0.15) is 0 Å². The van der Waals surface area contributed by atoms with Crippen LogP contribution in [0.1, 0.15) is 26.7 Å². The highest BCUT2D eigenvalue weighted by Gasteiger charge is 2.12. The van der Waals surface area contributed by atoms with Crippen LogP contribution in [0.4, 0.5) is 17.1 Å². The minimum atomic E-state index is -0.414. The molecule has 0 saturated heterocycles. The minimum absolute atomic E-state index is 0.00306. The zero-order valence-corrected chi connectivity index (χ0v) is 11.3. The third-order valence-electron chi connectivity index (χ3n) is 2.79. The Bertz CT molecular complexity index is 420. The average Bonchev–Trinajstić information content (AvgIpc) is 2.42. The molecule has 0 aliphatic rings. The molecule has 0 heterocycles. The Balaban J connectivity index is 2.95. The maximum absolute atomic E-state index is 10.9. The summed E-state index contributed by atoms with van der Waals surface area (Å²) in [6.07, 6.45) is 1.69. The molecule has 6 heteroatoms. The van der Waals surface area contributed by atoms with E-state index in [2.05, 4.69) is 10.6 Å². The Hall–Kier alpha value is -1.82. The third kappa shape index (κ3) is 4.75. The molecule has 3 N–H and O–H groups in total. The molecule has 1 atom stereocenters. The number of non-ortho nitro benzene ring substituents is 1. The number of aliphatic hydroxyl groups is 1. The lowest BCUT2D eigenvalue weighted by atomic mass is 10.2. The summed E-state index contributed by atoms with van der Waals surface area (Å²) in [5.74, 6) is 0. The molecule has 1 aromatic rings. The molecule has 0 aliphatic carbocycles. The Labute approximate surface area is 113 Å². The highest BCUT2D eigenvalue weighted by atomic mass is 16.6. The quantitative estimate of drug-likeness (QED) is 0.498. The van der Waals surface area contributed by atoms with Gasteiger partial charge in [0.1, 0.15) is 0 Å². The van der Waals surface area contributed by atoms with Gasteiger partial charge in [0.15, 0.2) is 0 Å². The largest absolute Gasteiger partial charge is 0.394 e. The van der Waals surface area contributed by atoms with Gasteiger partial charge in [-0.1, -0.05) is 13.8 Å². The van der Waals surface area contributed by atoms with Gasteiger partial charge in [-0.15, -0.1) is 0 Å². The van der Waals surface area contributed by atoms with E-state index in [9.17, 15) is 10.1 Å². The van der Waals surface area contributed by atoms with Crippen LogP contribution in [-0.4, -0.2) is 29.2 Å². The number of nitrogens with zero attached hydrogens (tertiary/aromatic N) is 1. The lowest BCUT2D eigenvalue weighted by Crippen LogP contribution is -2.22. The molecule has 0 amide bonds. The second-order valence-electron chi connectivity index (χ2n) is 4.38. The maximum Gasteiger partial charge on any atom is 0.273 e. The standard InChI is InChI=1S/C13H21N3O3/c1-3-5-14-11-6-12(15-10(4-2)9-17)8-13(7-11)16(18)19/h6-8,10,14-15,17H,3-5,9H2,1-2H3. The van der Waals surface area contributed by atoms with Gasteiger partial charge in [-0.05, 0) is 18.9 Å². The highest BCUT2D eigenvalue weighted by Crippen LogP contribution is 2.25. The molecular formula is C13H21N3O3. The zero-order chi connectivity index (χ0) is 14.3. The summed E-state index contributed by atoms with van der Waals surface area (Å²) in [7, 11) is 0. The molecule has 106 valence electrons. The summed E-state index contributed by atoms with van der Waals surface area (Å²) in [5.41, 5.74) is 1.40. The fourth-order valence-electron chi connectivity index (χ4n) is 1.68. The molecule has 1 aromatic carbocycles. The zero-order valence-electron chi connectivity index (χ0n) is 11.3. The van der Waals surface area contributed by atoms with Crippen LogP contribution >= 0.6 is 0 Å². The summed E-state index contributed by atoms with van der Waals surface area (Å²) in [4.78, 5) is 10.5. The van der Waals surface area contributed by atoms with Crippen molar-refractivity contribution in [2.75, 3.05) is 23.8 Å². The van der Waals surface area contributed by atoms with Crippen molar-refractivity contribution >= 4 is 17.1 Å². The van der Waals surface area contributed by atoms with Crippen LogP contribution in [0.5, 0.6) is 0 Å². The first-order chi connectivity index (χ1) is 9.10. The van der Waals surface area contributed by atoms with Crippen molar-refractivity contribution in [1.29, 1.82) is 0 Å². The average molecular weight is 267 g/mol. The van der Waals surface area contributed by atoms with Crippen molar-refractivity contribution in [3.05, 3.63) is 28.3 Å². The second kappa shape index (κ2) is 7.58. The van der Waals surface area contributed by atoms with E-state index in [0.717, 1.165) is 19.4 Å². The predicted octanol–water partition coefficient (Wildman–Crippen LogP) is 2.60. The molecule has 0 bridgehead atoms. The molecule has 0 fully saturated rings. The third-order valence-corrected chi connectivity index (χ3v) is 2.79. The molecule has 1 rings (SSSR count). The summed E-state index contributed by atoms with van der Waals surface area (Å²) in [6.45, 7) is 4.73. The van der Waals surface area contributed by atoms with Crippen molar-refractivity contribution in [2.24, 2.45) is 0 Å². The summed E-state index contributed by atoms with van der Waals surface area (Å²) in [6, 6.07) is 4.72. The van der Waals surface area contributed by atoms with Gasteiger partial charge in [0.2, 0.25) is 0 Å². The molecule has 0 aliphatic heterocycles. The van der Waals surface area contributed by atoms with Gasteiger partial charge in [-0.25, -0.2) is 0 Å². The number of nitrogens with one attached hydrogen (secondary N) is 2. The van der Waals surface area contributed by atoms with E-state index < -0.39 is 4.92 Å². The van der Waals surface area contributed by atoms with Crippen molar-refractivity contribution in [3.63, 3.8) is 0 Å². The van der Waals surface area contributed by atoms with Crippen LogP contribution < -0.4 is 10.6 Å². The Morgan fingerprint density at radius 1 is 1.32 bits per heavy atom. The molecule has 0 aromatic heterocycles. The van der Waals surface area contributed by atoms with Crippen LogP contribution in [0.15, 0.2) is 18.2 Å². The fourth-order valence-corrected chi connectivity index (χ4v) is 1.68.